The van der Waals surface area contributed by atoms with E-state index in [1.165, 1.54) is 6.92 Å². The van der Waals surface area contributed by atoms with Crippen LogP contribution in [0.15, 0.2) is 0 Å². The maximum absolute atomic E-state index is 10.5. The van der Waals surface area contributed by atoms with Crippen LogP contribution < -0.4 is 0 Å². The number of aliphatic hydroxyl groups is 1. The van der Waals surface area contributed by atoms with Crippen LogP contribution in [-0.4, -0.2) is 23.8 Å². The molecule has 0 amide bonds. The molecule has 0 spiro atoms. The van der Waals surface area contributed by atoms with Crippen LogP contribution in [0.2, 0.25) is 0 Å². The first-order valence-corrected chi connectivity index (χ1v) is 5.00. The predicted molar refractivity (Wildman–Crippen MR) is 49.2 cm³/mol. The summed E-state index contributed by atoms with van der Waals surface area (Å²) in [5.41, 5.74) is 0. The second-order valence-electron chi connectivity index (χ2n) is 3.80. The maximum atomic E-state index is 10.5. The highest BCUT2D eigenvalue weighted by Crippen LogP contribution is 2.26. The van der Waals surface area contributed by atoms with Gasteiger partial charge in [-0.15, -0.1) is 0 Å². The number of carbonyl (C=O) groups is 1. The van der Waals surface area contributed by atoms with Crippen LogP contribution in [0, 0.1) is 5.92 Å². The zero-order valence-corrected chi connectivity index (χ0v) is 8.16. The third-order valence-electron chi connectivity index (χ3n) is 2.65. The van der Waals surface area contributed by atoms with E-state index in [4.69, 9.17) is 4.74 Å². The van der Waals surface area contributed by atoms with Crippen molar-refractivity contribution in [2.45, 2.75) is 45.1 Å². The molecule has 0 radical (unpaired) electrons. The molecule has 3 heteroatoms. The average molecular weight is 186 g/mol. The van der Waals surface area contributed by atoms with E-state index in [0.717, 1.165) is 32.1 Å². The second-order valence-corrected chi connectivity index (χ2v) is 3.80. The summed E-state index contributed by atoms with van der Waals surface area (Å²) < 4.78 is 4.87. The number of aliphatic hydroxyl groups excluding tert-OH is 1. The van der Waals surface area contributed by atoms with Gasteiger partial charge in [0, 0.05) is 6.92 Å². The number of hydrogen-bond donors (Lipinski definition) is 1. The van der Waals surface area contributed by atoms with Gasteiger partial charge >= 0.3 is 5.97 Å². The zero-order valence-electron chi connectivity index (χ0n) is 8.16. The normalized spacial score (nSPS) is 28.5. The summed E-state index contributed by atoms with van der Waals surface area (Å²) >= 11 is 0. The lowest BCUT2D eigenvalue weighted by atomic mass is 9.86. The highest BCUT2D eigenvalue weighted by atomic mass is 16.5. The van der Waals surface area contributed by atoms with Crippen LogP contribution in [0.4, 0.5) is 0 Å². The van der Waals surface area contributed by atoms with Crippen molar-refractivity contribution >= 4 is 5.97 Å². The zero-order chi connectivity index (χ0) is 9.68. The van der Waals surface area contributed by atoms with Crippen molar-refractivity contribution in [3.8, 4) is 0 Å². The Bertz CT molecular complexity index is 160. The number of hydrogen-bond acceptors (Lipinski definition) is 3. The smallest absolute Gasteiger partial charge is 0.302 e. The number of esters is 1. The Hall–Kier alpha value is -0.570. The van der Waals surface area contributed by atoms with Gasteiger partial charge in [-0.2, -0.15) is 0 Å². The molecule has 0 aromatic rings. The largest absolute Gasteiger partial charge is 0.466 e. The average Bonchev–Trinajstić information content (AvgIpc) is 2.08. The number of carbonyl (C=O) groups excluding carboxylic acids is 1. The lowest BCUT2D eigenvalue weighted by molar-refractivity contribution is -0.141. The minimum Gasteiger partial charge on any atom is -0.466 e. The van der Waals surface area contributed by atoms with E-state index in [0.29, 0.717) is 12.5 Å². The molecule has 0 heterocycles. The molecule has 3 nitrogen and oxygen atoms in total. The van der Waals surface area contributed by atoms with Gasteiger partial charge in [0.2, 0.25) is 0 Å². The molecule has 0 unspecified atom stereocenters. The lowest BCUT2D eigenvalue weighted by Gasteiger charge is -2.24. The molecular weight excluding hydrogens is 168 g/mol. The molecule has 0 aromatic carbocycles. The van der Waals surface area contributed by atoms with Gasteiger partial charge in [0.15, 0.2) is 0 Å². The van der Waals surface area contributed by atoms with Crippen molar-refractivity contribution in [2.75, 3.05) is 6.61 Å². The quantitative estimate of drug-likeness (QED) is 0.679. The van der Waals surface area contributed by atoms with E-state index in [-0.39, 0.29) is 12.1 Å². The van der Waals surface area contributed by atoms with Gasteiger partial charge in [-0.05, 0) is 38.0 Å². The summed E-state index contributed by atoms with van der Waals surface area (Å²) in [4.78, 5) is 10.5. The van der Waals surface area contributed by atoms with Crippen molar-refractivity contribution in [3.63, 3.8) is 0 Å². The van der Waals surface area contributed by atoms with Gasteiger partial charge < -0.3 is 9.84 Å². The van der Waals surface area contributed by atoms with Crippen molar-refractivity contribution in [1.82, 2.24) is 0 Å². The number of rotatable bonds is 3. The standard InChI is InChI=1S/C10H18O3/c1-8(11)13-7-6-9-2-4-10(12)5-3-9/h9-10,12H,2-7H2,1H3/t9-,10-. The van der Waals surface area contributed by atoms with Gasteiger partial charge in [-0.25, -0.2) is 0 Å². The van der Waals surface area contributed by atoms with Gasteiger partial charge in [0.1, 0.15) is 0 Å². The van der Waals surface area contributed by atoms with E-state index in [2.05, 4.69) is 0 Å². The maximum Gasteiger partial charge on any atom is 0.302 e. The molecule has 1 aliphatic rings. The van der Waals surface area contributed by atoms with Crippen molar-refractivity contribution in [3.05, 3.63) is 0 Å². The predicted octanol–water partition coefficient (Wildman–Crippen LogP) is 1.49. The molecule has 1 aliphatic carbocycles. The Morgan fingerprint density at radius 3 is 2.54 bits per heavy atom. The first-order chi connectivity index (χ1) is 6.18. The first kappa shape index (κ1) is 10.5. The molecule has 76 valence electrons. The van der Waals surface area contributed by atoms with E-state index in [1.807, 2.05) is 0 Å². The topological polar surface area (TPSA) is 46.5 Å². The summed E-state index contributed by atoms with van der Waals surface area (Å²) in [5, 5.41) is 9.26. The summed E-state index contributed by atoms with van der Waals surface area (Å²) in [6, 6.07) is 0. The van der Waals surface area contributed by atoms with Crippen LogP contribution in [0.1, 0.15) is 39.0 Å². The third-order valence-corrected chi connectivity index (χ3v) is 2.65. The molecule has 0 bridgehead atoms. The summed E-state index contributed by atoms with van der Waals surface area (Å²) in [6.07, 6.45) is 4.82. The molecule has 0 aliphatic heterocycles. The van der Waals surface area contributed by atoms with Crippen LogP contribution in [0.3, 0.4) is 0 Å². The monoisotopic (exact) mass is 186 g/mol. The molecular formula is C10H18O3. The van der Waals surface area contributed by atoms with Crippen molar-refractivity contribution < 1.29 is 14.6 Å². The van der Waals surface area contributed by atoms with Crippen molar-refractivity contribution in [1.29, 1.82) is 0 Å². The third kappa shape index (κ3) is 4.27. The van der Waals surface area contributed by atoms with E-state index in [9.17, 15) is 9.90 Å². The summed E-state index contributed by atoms with van der Waals surface area (Å²) in [6.45, 7) is 1.97. The van der Waals surface area contributed by atoms with Crippen LogP contribution in [0.25, 0.3) is 0 Å². The summed E-state index contributed by atoms with van der Waals surface area (Å²) in [5.74, 6) is 0.443. The molecule has 0 atom stereocenters. The van der Waals surface area contributed by atoms with E-state index in [1.54, 1.807) is 0 Å². The molecule has 1 saturated carbocycles. The van der Waals surface area contributed by atoms with Crippen LogP contribution in [0.5, 0.6) is 0 Å². The SMILES string of the molecule is CC(=O)OCC[C@H]1CC[C@H](O)CC1. The lowest BCUT2D eigenvalue weighted by Crippen LogP contribution is -2.19. The first-order valence-electron chi connectivity index (χ1n) is 5.00. The van der Waals surface area contributed by atoms with Gasteiger partial charge in [0.25, 0.3) is 0 Å². The minimum absolute atomic E-state index is 0.0926. The molecule has 13 heavy (non-hydrogen) atoms. The Kier molecular flexibility index (Phi) is 4.22. The Morgan fingerprint density at radius 2 is 2.00 bits per heavy atom. The molecule has 0 saturated heterocycles. The molecule has 0 aromatic heterocycles. The van der Waals surface area contributed by atoms with Gasteiger partial charge in [-0.1, -0.05) is 0 Å². The van der Waals surface area contributed by atoms with E-state index < -0.39 is 0 Å². The number of ether oxygens (including phenoxy) is 1. The second kappa shape index (κ2) is 5.22. The Balaban J connectivity index is 2.05. The Labute approximate surface area is 79.1 Å². The fourth-order valence-electron chi connectivity index (χ4n) is 1.80. The fraction of sp³-hybridized carbons (Fsp3) is 0.900. The van der Waals surface area contributed by atoms with Crippen molar-refractivity contribution in [2.24, 2.45) is 5.92 Å². The van der Waals surface area contributed by atoms with Crippen LogP contribution in [-0.2, 0) is 9.53 Å². The fourth-order valence-corrected chi connectivity index (χ4v) is 1.80. The molecule has 1 fully saturated rings. The van der Waals surface area contributed by atoms with E-state index >= 15 is 0 Å². The van der Waals surface area contributed by atoms with Crippen LogP contribution >= 0.6 is 0 Å². The molecule has 1 N–H and O–H groups in total. The summed E-state index contributed by atoms with van der Waals surface area (Å²) in [7, 11) is 0. The van der Waals surface area contributed by atoms with Gasteiger partial charge in [0.05, 0.1) is 12.7 Å². The highest BCUT2D eigenvalue weighted by Gasteiger charge is 2.18. The highest BCUT2D eigenvalue weighted by molar-refractivity contribution is 5.65. The van der Waals surface area contributed by atoms with Gasteiger partial charge in [-0.3, -0.25) is 4.79 Å². The minimum atomic E-state index is -0.198. The molecule has 1 rings (SSSR count). The Morgan fingerprint density at radius 1 is 1.38 bits per heavy atom.